The fourth-order valence-electron chi connectivity index (χ4n) is 4.13. The molecule has 0 bridgehead atoms. The van der Waals surface area contributed by atoms with Gasteiger partial charge in [0.15, 0.2) is 0 Å². The van der Waals surface area contributed by atoms with Gasteiger partial charge >= 0.3 is 0 Å². The molecule has 8 heteroatoms. The minimum atomic E-state index is -3.56. The summed E-state index contributed by atoms with van der Waals surface area (Å²) < 4.78 is 28.0. The van der Waals surface area contributed by atoms with Crippen molar-refractivity contribution in [3.05, 3.63) is 35.4 Å². The van der Waals surface area contributed by atoms with Crippen LogP contribution in [0.5, 0.6) is 0 Å². The van der Waals surface area contributed by atoms with E-state index in [1.165, 1.54) is 0 Å². The number of carbonyl (C=O) groups excluding carboxylic acids is 2. The quantitative estimate of drug-likeness (QED) is 0.682. The van der Waals surface area contributed by atoms with Crippen molar-refractivity contribution in [2.75, 3.05) is 18.8 Å². The van der Waals surface area contributed by atoms with E-state index in [2.05, 4.69) is 4.72 Å². The third-order valence-electron chi connectivity index (χ3n) is 5.85. The first-order valence-electron chi connectivity index (χ1n) is 9.46. The van der Waals surface area contributed by atoms with Gasteiger partial charge in [-0.15, -0.1) is 0 Å². The first kappa shape index (κ1) is 20.0. The van der Waals surface area contributed by atoms with Crippen LogP contribution < -0.4 is 10.5 Å². The van der Waals surface area contributed by atoms with E-state index >= 15 is 0 Å². The monoisotopic (exact) mass is 393 g/mol. The number of benzene rings is 1. The number of nitrogens with zero attached hydrogens (tertiary/aromatic N) is 1. The number of hydrogen-bond donors (Lipinski definition) is 2. The zero-order chi connectivity index (χ0) is 19.7. The molecule has 148 valence electrons. The van der Waals surface area contributed by atoms with Crippen molar-refractivity contribution >= 4 is 21.8 Å². The van der Waals surface area contributed by atoms with E-state index in [4.69, 9.17) is 5.73 Å². The fourth-order valence-corrected chi connectivity index (χ4v) is 5.74. The Labute approximate surface area is 160 Å². The van der Waals surface area contributed by atoms with Crippen LogP contribution in [0.15, 0.2) is 24.3 Å². The van der Waals surface area contributed by atoms with Crippen molar-refractivity contribution in [3.63, 3.8) is 0 Å². The molecule has 0 radical (unpaired) electrons. The maximum absolute atomic E-state index is 12.6. The van der Waals surface area contributed by atoms with Gasteiger partial charge in [0.1, 0.15) is 0 Å². The number of imide groups is 1. The second-order valence-electron chi connectivity index (χ2n) is 7.59. The van der Waals surface area contributed by atoms with Crippen molar-refractivity contribution in [2.45, 2.75) is 44.6 Å². The molecule has 2 unspecified atom stereocenters. The van der Waals surface area contributed by atoms with Gasteiger partial charge in [0.05, 0.1) is 16.9 Å². The maximum Gasteiger partial charge on any atom is 0.261 e. The molecule has 2 amide bonds. The van der Waals surface area contributed by atoms with Crippen LogP contribution in [0.4, 0.5) is 0 Å². The lowest BCUT2D eigenvalue weighted by Gasteiger charge is -2.42. The number of nitrogens with two attached hydrogens (primary N) is 1. The zero-order valence-corrected chi connectivity index (χ0v) is 16.4. The standard InChI is InChI=1S/C19H27N3O4S/c1-14-7-4-5-10-19(14,13-20)21-27(25,26)12-6-11-22-17(23)15-8-2-3-9-16(15)18(22)24/h2-3,8-9,14,21H,4-7,10-13,20H2,1H3. The van der Waals surface area contributed by atoms with Crippen molar-refractivity contribution in [1.29, 1.82) is 0 Å². The average Bonchev–Trinajstić information content (AvgIpc) is 2.89. The second-order valence-corrected chi connectivity index (χ2v) is 9.43. The highest BCUT2D eigenvalue weighted by Gasteiger charge is 2.40. The van der Waals surface area contributed by atoms with E-state index in [0.717, 1.165) is 30.6 Å². The number of sulfonamides is 1. The smallest absolute Gasteiger partial charge is 0.261 e. The van der Waals surface area contributed by atoms with Crippen LogP contribution in [0.25, 0.3) is 0 Å². The lowest BCUT2D eigenvalue weighted by Crippen LogP contribution is -2.59. The molecule has 1 aromatic rings. The zero-order valence-electron chi connectivity index (χ0n) is 15.6. The first-order chi connectivity index (χ1) is 12.8. The summed E-state index contributed by atoms with van der Waals surface area (Å²) in [6, 6.07) is 6.64. The summed E-state index contributed by atoms with van der Waals surface area (Å²) in [5.41, 5.74) is 6.09. The fraction of sp³-hybridized carbons (Fsp3) is 0.579. The van der Waals surface area contributed by atoms with E-state index in [1.54, 1.807) is 24.3 Å². The Morgan fingerprint density at radius 2 is 1.81 bits per heavy atom. The molecule has 1 saturated carbocycles. The van der Waals surface area contributed by atoms with Crippen LogP contribution in [-0.2, 0) is 10.0 Å². The van der Waals surface area contributed by atoms with Gasteiger partial charge in [-0.05, 0) is 37.3 Å². The molecular weight excluding hydrogens is 366 g/mol. The molecule has 3 rings (SSSR count). The van der Waals surface area contributed by atoms with Crippen molar-refractivity contribution in [3.8, 4) is 0 Å². The highest BCUT2D eigenvalue weighted by molar-refractivity contribution is 7.89. The molecule has 3 N–H and O–H groups in total. The van der Waals surface area contributed by atoms with Gasteiger partial charge in [0, 0.05) is 18.6 Å². The number of rotatable bonds is 7. The van der Waals surface area contributed by atoms with Gasteiger partial charge in [-0.2, -0.15) is 0 Å². The molecule has 1 aromatic carbocycles. The number of hydrogen-bond acceptors (Lipinski definition) is 5. The normalized spacial score (nSPS) is 25.7. The third-order valence-corrected chi connectivity index (χ3v) is 7.39. The van der Waals surface area contributed by atoms with Crippen LogP contribution >= 0.6 is 0 Å². The van der Waals surface area contributed by atoms with Gasteiger partial charge in [-0.3, -0.25) is 14.5 Å². The van der Waals surface area contributed by atoms with E-state index in [0.29, 0.717) is 11.1 Å². The molecule has 1 heterocycles. The molecular formula is C19H27N3O4S. The Kier molecular flexibility index (Phi) is 5.69. The van der Waals surface area contributed by atoms with Crippen LogP contribution in [0.3, 0.4) is 0 Å². The summed E-state index contributed by atoms with van der Waals surface area (Å²) in [7, 11) is -3.56. The molecule has 7 nitrogen and oxygen atoms in total. The second kappa shape index (κ2) is 7.69. The Hall–Kier alpha value is -1.77. The van der Waals surface area contributed by atoms with Crippen LogP contribution in [0.1, 0.15) is 59.7 Å². The van der Waals surface area contributed by atoms with Crippen molar-refractivity contribution in [1.82, 2.24) is 9.62 Å². The summed E-state index contributed by atoms with van der Waals surface area (Å²) in [4.78, 5) is 25.8. The van der Waals surface area contributed by atoms with E-state index in [1.807, 2.05) is 6.92 Å². The molecule has 2 aliphatic rings. The Morgan fingerprint density at radius 3 is 2.37 bits per heavy atom. The molecule has 27 heavy (non-hydrogen) atoms. The molecule has 0 spiro atoms. The molecule has 2 atom stereocenters. The Balaban J connectivity index is 1.60. The molecule has 1 fully saturated rings. The predicted octanol–water partition coefficient (Wildman–Crippen LogP) is 1.50. The summed E-state index contributed by atoms with van der Waals surface area (Å²) >= 11 is 0. The predicted molar refractivity (Wildman–Crippen MR) is 103 cm³/mol. The van der Waals surface area contributed by atoms with Crippen LogP contribution in [0, 0.1) is 5.92 Å². The van der Waals surface area contributed by atoms with Crippen molar-refractivity contribution in [2.24, 2.45) is 11.7 Å². The largest absolute Gasteiger partial charge is 0.329 e. The maximum atomic E-state index is 12.6. The summed E-state index contributed by atoms with van der Waals surface area (Å²) in [5.74, 6) is -0.683. The summed E-state index contributed by atoms with van der Waals surface area (Å²) in [5, 5.41) is 0. The summed E-state index contributed by atoms with van der Waals surface area (Å²) in [6.45, 7) is 2.39. The molecule has 1 aliphatic heterocycles. The molecule has 0 saturated heterocycles. The highest BCUT2D eigenvalue weighted by Crippen LogP contribution is 2.33. The number of nitrogens with one attached hydrogen (secondary N) is 1. The lowest BCUT2D eigenvalue weighted by atomic mass is 9.74. The third kappa shape index (κ3) is 3.93. The topological polar surface area (TPSA) is 110 Å². The van der Waals surface area contributed by atoms with Crippen LogP contribution in [0.2, 0.25) is 0 Å². The minimum absolute atomic E-state index is 0.0818. The van der Waals surface area contributed by atoms with Gasteiger partial charge in [0.2, 0.25) is 10.0 Å². The van der Waals surface area contributed by atoms with Gasteiger partial charge in [-0.1, -0.05) is 31.9 Å². The van der Waals surface area contributed by atoms with E-state index < -0.39 is 15.6 Å². The SMILES string of the molecule is CC1CCCCC1(CN)NS(=O)(=O)CCCN1C(=O)c2ccccc2C1=O. The van der Waals surface area contributed by atoms with E-state index in [9.17, 15) is 18.0 Å². The Bertz CT molecular complexity index is 804. The number of amides is 2. The Morgan fingerprint density at radius 1 is 1.19 bits per heavy atom. The van der Waals surface area contributed by atoms with E-state index in [-0.39, 0.29) is 43.0 Å². The van der Waals surface area contributed by atoms with Gasteiger partial charge in [-0.25, -0.2) is 13.1 Å². The summed E-state index contributed by atoms with van der Waals surface area (Å²) in [6.07, 6.45) is 3.93. The van der Waals surface area contributed by atoms with Crippen molar-refractivity contribution < 1.29 is 18.0 Å². The first-order valence-corrected chi connectivity index (χ1v) is 11.1. The highest BCUT2D eigenvalue weighted by atomic mass is 32.2. The van der Waals surface area contributed by atoms with Gasteiger partial charge in [0.25, 0.3) is 11.8 Å². The average molecular weight is 394 g/mol. The number of fused-ring (bicyclic) bond motifs is 1. The molecule has 0 aromatic heterocycles. The van der Waals surface area contributed by atoms with Gasteiger partial charge < -0.3 is 5.73 Å². The molecule has 1 aliphatic carbocycles. The minimum Gasteiger partial charge on any atom is -0.329 e. The van der Waals surface area contributed by atoms with Crippen LogP contribution in [-0.4, -0.2) is 49.5 Å². The lowest BCUT2D eigenvalue weighted by molar-refractivity contribution is 0.0654. The number of carbonyl (C=O) groups is 2.